The van der Waals surface area contributed by atoms with Gasteiger partial charge in [-0.3, -0.25) is 14.6 Å². The van der Waals surface area contributed by atoms with Crippen LogP contribution in [0.1, 0.15) is 34.5 Å². The second-order valence-electron chi connectivity index (χ2n) is 7.26. The van der Waals surface area contributed by atoms with Gasteiger partial charge in [-0.15, -0.1) is 0 Å². The van der Waals surface area contributed by atoms with Crippen LogP contribution in [0, 0.1) is 19.7 Å². The third-order valence-electron chi connectivity index (χ3n) is 5.10. The van der Waals surface area contributed by atoms with Crippen LogP contribution in [0.15, 0.2) is 39.8 Å². The first-order chi connectivity index (χ1) is 14.3. The summed E-state index contributed by atoms with van der Waals surface area (Å²) < 4.78 is 47.4. The van der Waals surface area contributed by atoms with Gasteiger partial charge in [0.1, 0.15) is 22.2 Å². The number of sulfonamides is 1. The average Bonchev–Trinajstić information content (AvgIpc) is 3.43. The lowest BCUT2D eigenvalue weighted by Gasteiger charge is -2.14. The van der Waals surface area contributed by atoms with Gasteiger partial charge < -0.3 is 9.32 Å². The molecule has 0 bridgehead atoms. The van der Waals surface area contributed by atoms with Crippen molar-refractivity contribution in [3.05, 3.63) is 53.2 Å². The number of aryl methyl sites for hydroxylation is 2. The Hall–Kier alpha value is -3.14. The summed E-state index contributed by atoms with van der Waals surface area (Å²) in [6.45, 7) is 4.45. The molecule has 0 saturated carbocycles. The molecule has 1 aromatic carbocycles. The van der Waals surface area contributed by atoms with Crippen molar-refractivity contribution in [2.24, 2.45) is 0 Å². The van der Waals surface area contributed by atoms with Crippen molar-refractivity contribution >= 4 is 21.6 Å². The van der Waals surface area contributed by atoms with Crippen LogP contribution in [0.3, 0.4) is 0 Å². The predicted molar refractivity (Wildman–Crippen MR) is 108 cm³/mol. The molecule has 10 heteroatoms. The first kappa shape index (κ1) is 20.1. The Kier molecular flexibility index (Phi) is 5.10. The third-order valence-corrected chi connectivity index (χ3v) is 6.58. The molecular formula is C20H21FN4O4S. The van der Waals surface area contributed by atoms with Crippen LogP contribution < -0.4 is 4.72 Å². The van der Waals surface area contributed by atoms with Gasteiger partial charge in [-0.1, -0.05) is 6.07 Å². The molecule has 1 aliphatic rings. The fourth-order valence-electron chi connectivity index (χ4n) is 3.45. The zero-order valence-corrected chi connectivity index (χ0v) is 17.3. The molecule has 0 atom stereocenters. The topological polar surface area (TPSA) is 108 Å². The summed E-state index contributed by atoms with van der Waals surface area (Å²) in [5.41, 5.74) is 1.15. The number of anilines is 1. The molecule has 3 heterocycles. The summed E-state index contributed by atoms with van der Waals surface area (Å²) in [4.78, 5) is 14.4. The molecule has 0 unspecified atom stereocenters. The summed E-state index contributed by atoms with van der Waals surface area (Å²) in [6.07, 6.45) is 3.31. The molecule has 1 saturated heterocycles. The zero-order chi connectivity index (χ0) is 21.5. The van der Waals surface area contributed by atoms with Crippen LogP contribution in [0.25, 0.3) is 11.5 Å². The van der Waals surface area contributed by atoms with Crippen LogP contribution in [0.5, 0.6) is 0 Å². The Morgan fingerprint density at radius 1 is 1.23 bits per heavy atom. The molecule has 1 amide bonds. The number of nitrogens with zero attached hydrogens (tertiary/aromatic N) is 2. The number of H-pyrrole nitrogens is 1. The molecule has 1 fully saturated rings. The van der Waals surface area contributed by atoms with Gasteiger partial charge in [0.15, 0.2) is 5.76 Å². The Bertz CT molecular complexity index is 1210. The number of hydrogen-bond acceptors (Lipinski definition) is 5. The van der Waals surface area contributed by atoms with Gasteiger partial charge in [-0.2, -0.15) is 5.10 Å². The molecule has 8 nitrogen and oxygen atoms in total. The first-order valence-electron chi connectivity index (χ1n) is 9.48. The van der Waals surface area contributed by atoms with Gasteiger partial charge in [0.2, 0.25) is 0 Å². The SMILES string of the molecule is Cc1ccc(NS(=O)(=O)c2cc(-c3[nH]ncc3C(=O)N3CCCC3)oc2C)cc1F. The highest BCUT2D eigenvalue weighted by Crippen LogP contribution is 2.31. The highest BCUT2D eigenvalue weighted by molar-refractivity contribution is 7.92. The lowest BCUT2D eigenvalue weighted by atomic mass is 10.2. The van der Waals surface area contributed by atoms with E-state index >= 15 is 0 Å². The summed E-state index contributed by atoms with van der Waals surface area (Å²) in [6, 6.07) is 5.41. The maximum atomic E-state index is 13.8. The van der Waals surface area contributed by atoms with Crippen LogP contribution in [0.4, 0.5) is 10.1 Å². The van der Waals surface area contributed by atoms with E-state index in [1.165, 1.54) is 31.3 Å². The molecule has 0 radical (unpaired) electrons. The number of carbonyl (C=O) groups is 1. The molecule has 2 N–H and O–H groups in total. The van der Waals surface area contributed by atoms with E-state index in [-0.39, 0.29) is 28.0 Å². The molecule has 30 heavy (non-hydrogen) atoms. The average molecular weight is 432 g/mol. The van der Waals surface area contributed by atoms with Crippen molar-refractivity contribution in [2.45, 2.75) is 31.6 Å². The number of hydrogen-bond donors (Lipinski definition) is 2. The van der Waals surface area contributed by atoms with Crippen molar-refractivity contribution in [3.8, 4) is 11.5 Å². The Morgan fingerprint density at radius 3 is 2.67 bits per heavy atom. The zero-order valence-electron chi connectivity index (χ0n) is 16.5. The third kappa shape index (κ3) is 3.70. The molecular weight excluding hydrogens is 411 g/mol. The molecule has 1 aliphatic heterocycles. The van der Waals surface area contributed by atoms with E-state index in [2.05, 4.69) is 14.9 Å². The van der Waals surface area contributed by atoms with Crippen LogP contribution in [-0.2, 0) is 10.0 Å². The normalized spacial score (nSPS) is 14.3. The number of aromatic amines is 1. The minimum absolute atomic E-state index is 0.103. The summed E-state index contributed by atoms with van der Waals surface area (Å²) in [5.74, 6) is -0.368. The van der Waals surface area contributed by atoms with Crippen molar-refractivity contribution in [2.75, 3.05) is 17.8 Å². The molecule has 158 valence electrons. The number of halogens is 1. The van der Waals surface area contributed by atoms with E-state index in [0.717, 1.165) is 18.9 Å². The monoisotopic (exact) mass is 432 g/mol. The molecule has 0 spiro atoms. The maximum Gasteiger partial charge on any atom is 0.265 e. The Balaban J connectivity index is 1.64. The van der Waals surface area contributed by atoms with E-state index in [9.17, 15) is 17.6 Å². The van der Waals surface area contributed by atoms with E-state index in [1.54, 1.807) is 11.8 Å². The number of furan rings is 1. The van der Waals surface area contributed by atoms with Gasteiger partial charge in [0.05, 0.1) is 17.4 Å². The minimum Gasteiger partial charge on any atom is -0.458 e. The van der Waals surface area contributed by atoms with Crippen LogP contribution in [0.2, 0.25) is 0 Å². The van der Waals surface area contributed by atoms with E-state index < -0.39 is 15.8 Å². The second kappa shape index (κ2) is 7.60. The number of nitrogens with one attached hydrogen (secondary N) is 2. The number of aromatic nitrogens is 2. The number of benzene rings is 1. The van der Waals surface area contributed by atoms with Crippen molar-refractivity contribution in [1.29, 1.82) is 0 Å². The highest BCUT2D eigenvalue weighted by atomic mass is 32.2. The largest absolute Gasteiger partial charge is 0.458 e. The highest BCUT2D eigenvalue weighted by Gasteiger charge is 2.28. The van der Waals surface area contributed by atoms with Gasteiger partial charge in [0.25, 0.3) is 15.9 Å². The smallest absolute Gasteiger partial charge is 0.265 e. The first-order valence-corrected chi connectivity index (χ1v) is 11.0. The lowest BCUT2D eigenvalue weighted by Crippen LogP contribution is -2.27. The van der Waals surface area contributed by atoms with E-state index in [4.69, 9.17) is 4.42 Å². The van der Waals surface area contributed by atoms with Gasteiger partial charge in [-0.05, 0) is 44.4 Å². The van der Waals surface area contributed by atoms with Crippen molar-refractivity contribution < 1.29 is 22.0 Å². The predicted octanol–water partition coefficient (Wildman–Crippen LogP) is 3.46. The second-order valence-corrected chi connectivity index (χ2v) is 8.91. The molecule has 0 aliphatic carbocycles. The Morgan fingerprint density at radius 2 is 1.97 bits per heavy atom. The standard InChI is InChI=1S/C20H21FN4O4S/c1-12-5-6-14(9-16(12)21)24-30(27,28)18-10-17(29-13(18)2)19-15(11-22-23-19)20(26)25-7-3-4-8-25/h5-6,9-11,24H,3-4,7-8H2,1-2H3,(H,22,23). The van der Waals surface area contributed by atoms with Gasteiger partial charge in [0, 0.05) is 19.2 Å². The molecule has 2 aromatic heterocycles. The van der Waals surface area contributed by atoms with Crippen LogP contribution >= 0.6 is 0 Å². The number of carbonyl (C=O) groups excluding carboxylic acids is 1. The lowest BCUT2D eigenvalue weighted by molar-refractivity contribution is 0.0793. The summed E-state index contributed by atoms with van der Waals surface area (Å²) >= 11 is 0. The molecule has 4 rings (SSSR count). The van der Waals surface area contributed by atoms with Crippen molar-refractivity contribution in [3.63, 3.8) is 0 Å². The van der Waals surface area contributed by atoms with Gasteiger partial charge >= 0.3 is 0 Å². The summed E-state index contributed by atoms with van der Waals surface area (Å²) in [5, 5.41) is 6.66. The summed E-state index contributed by atoms with van der Waals surface area (Å²) in [7, 11) is -4.03. The fourth-order valence-corrected chi connectivity index (χ4v) is 4.68. The quantitative estimate of drug-likeness (QED) is 0.642. The number of likely N-dealkylation sites (tertiary alicyclic amines) is 1. The number of amides is 1. The Labute approximate surface area is 173 Å². The minimum atomic E-state index is -4.03. The fraction of sp³-hybridized carbons (Fsp3) is 0.300. The van der Waals surface area contributed by atoms with E-state index in [0.29, 0.717) is 29.9 Å². The van der Waals surface area contributed by atoms with Crippen molar-refractivity contribution in [1.82, 2.24) is 15.1 Å². The van der Waals surface area contributed by atoms with Gasteiger partial charge in [-0.25, -0.2) is 12.8 Å². The van der Waals surface area contributed by atoms with Crippen LogP contribution in [-0.4, -0.2) is 42.5 Å². The van der Waals surface area contributed by atoms with E-state index in [1.807, 2.05) is 0 Å². The molecule has 3 aromatic rings. The number of rotatable bonds is 5. The maximum absolute atomic E-state index is 13.8.